The summed E-state index contributed by atoms with van der Waals surface area (Å²) in [6.07, 6.45) is 0. The van der Waals surface area contributed by atoms with Gasteiger partial charge < -0.3 is 15.4 Å². The van der Waals surface area contributed by atoms with E-state index in [-0.39, 0.29) is 24.0 Å². The minimum absolute atomic E-state index is 0. The minimum Gasteiger partial charge on any atom is -0.491 e. The Morgan fingerprint density at radius 2 is 1.86 bits per heavy atom. The number of hydrogen-bond acceptors (Lipinski definition) is 2. The smallest absolute Gasteiger partial charge is 0.191 e. The van der Waals surface area contributed by atoms with Crippen molar-refractivity contribution < 1.29 is 4.74 Å². The molecule has 0 bridgehead atoms. The Bertz CT molecular complexity index is 431. The van der Waals surface area contributed by atoms with Crippen molar-refractivity contribution in [2.24, 2.45) is 10.7 Å². The second kappa shape index (κ2) is 10.7. The van der Waals surface area contributed by atoms with Crippen LogP contribution >= 0.6 is 24.0 Å². The fourth-order valence-corrected chi connectivity index (χ4v) is 2.05. The van der Waals surface area contributed by atoms with E-state index in [1.54, 1.807) is 0 Å². The molecule has 0 aliphatic carbocycles. The Hall–Kier alpha value is -0.980. The Labute approximate surface area is 145 Å². The monoisotopic (exact) mass is 405 g/mol. The second-order valence-electron chi connectivity index (χ2n) is 4.95. The van der Waals surface area contributed by atoms with Gasteiger partial charge in [-0.3, -0.25) is 0 Å². The molecule has 1 rings (SSSR count). The third kappa shape index (κ3) is 6.54. The maximum atomic E-state index is 5.92. The summed E-state index contributed by atoms with van der Waals surface area (Å²) in [6, 6.07) is 8.15. The molecule has 0 radical (unpaired) electrons. The first-order valence-corrected chi connectivity index (χ1v) is 7.36. The molecule has 0 heterocycles. The van der Waals surface area contributed by atoms with Crippen molar-refractivity contribution in [2.45, 2.75) is 33.6 Å². The van der Waals surface area contributed by atoms with Gasteiger partial charge in [0.15, 0.2) is 5.96 Å². The summed E-state index contributed by atoms with van der Waals surface area (Å²) in [6.45, 7) is 11.4. The Kier molecular flexibility index (Phi) is 10.2. The first-order chi connectivity index (χ1) is 9.60. The van der Waals surface area contributed by atoms with Crippen LogP contribution in [0, 0.1) is 0 Å². The molecule has 1 aromatic carbocycles. The van der Waals surface area contributed by atoms with Crippen molar-refractivity contribution in [3.63, 3.8) is 0 Å². The van der Waals surface area contributed by atoms with Gasteiger partial charge in [-0.1, -0.05) is 32.0 Å². The molecule has 0 saturated carbocycles. The van der Waals surface area contributed by atoms with Crippen molar-refractivity contribution >= 4 is 29.9 Å². The molecular weight excluding hydrogens is 377 g/mol. The lowest BCUT2D eigenvalue weighted by Gasteiger charge is -2.19. The summed E-state index contributed by atoms with van der Waals surface area (Å²) in [4.78, 5) is 6.38. The Morgan fingerprint density at radius 1 is 1.24 bits per heavy atom. The van der Waals surface area contributed by atoms with E-state index in [9.17, 15) is 0 Å². The van der Waals surface area contributed by atoms with Gasteiger partial charge in [-0.05, 0) is 31.4 Å². The van der Waals surface area contributed by atoms with E-state index >= 15 is 0 Å². The lowest BCUT2D eigenvalue weighted by molar-refractivity contribution is 0.323. The number of guanidine groups is 1. The van der Waals surface area contributed by atoms with E-state index < -0.39 is 0 Å². The molecule has 0 aliphatic heterocycles. The molecule has 0 aromatic heterocycles. The van der Waals surface area contributed by atoms with E-state index in [0.29, 0.717) is 25.0 Å². The van der Waals surface area contributed by atoms with Crippen LogP contribution in [0.25, 0.3) is 0 Å². The zero-order valence-electron chi connectivity index (χ0n) is 13.5. The predicted molar refractivity (Wildman–Crippen MR) is 101 cm³/mol. The van der Waals surface area contributed by atoms with Gasteiger partial charge in [-0.25, -0.2) is 4.99 Å². The van der Waals surface area contributed by atoms with E-state index in [2.05, 4.69) is 38.8 Å². The molecule has 0 fully saturated rings. The van der Waals surface area contributed by atoms with Crippen LogP contribution in [0.5, 0.6) is 5.75 Å². The van der Waals surface area contributed by atoms with E-state index in [1.165, 1.54) is 5.56 Å². The van der Waals surface area contributed by atoms with Crippen LogP contribution < -0.4 is 10.5 Å². The molecule has 21 heavy (non-hydrogen) atoms. The zero-order chi connectivity index (χ0) is 15.0. The van der Waals surface area contributed by atoms with Crippen LogP contribution in [0.4, 0.5) is 0 Å². The topological polar surface area (TPSA) is 50.8 Å². The summed E-state index contributed by atoms with van der Waals surface area (Å²) in [5.74, 6) is 1.99. The molecule has 2 N–H and O–H groups in total. The number of nitrogens with two attached hydrogens (primary N) is 1. The van der Waals surface area contributed by atoms with Crippen molar-refractivity contribution in [1.29, 1.82) is 0 Å². The average Bonchev–Trinajstić information content (AvgIpc) is 2.45. The van der Waals surface area contributed by atoms with Gasteiger partial charge in [0.2, 0.25) is 0 Å². The highest BCUT2D eigenvalue weighted by molar-refractivity contribution is 14.0. The largest absolute Gasteiger partial charge is 0.491 e. The Balaban J connectivity index is 0.00000400. The third-order valence-corrected chi connectivity index (χ3v) is 3.25. The van der Waals surface area contributed by atoms with Crippen LogP contribution in [0.15, 0.2) is 29.3 Å². The van der Waals surface area contributed by atoms with Crippen molar-refractivity contribution in [3.8, 4) is 5.75 Å². The lowest BCUT2D eigenvalue weighted by atomic mass is 10.0. The molecule has 1 aromatic rings. The Morgan fingerprint density at radius 3 is 2.43 bits per heavy atom. The van der Waals surface area contributed by atoms with Gasteiger partial charge in [0.25, 0.3) is 0 Å². The molecule has 0 amide bonds. The highest BCUT2D eigenvalue weighted by Gasteiger charge is 2.06. The molecule has 0 saturated heterocycles. The summed E-state index contributed by atoms with van der Waals surface area (Å²) in [5, 5.41) is 0. The normalized spacial score (nSPS) is 11.2. The summed E-state index contributed by atoms with van der Waals surface area (Å²) in [5.41, 5.74) is 7.15. The number of hydrogen-bond donors (Lipinski definition) is 1. The zero-order valence-corrected chi connectivity index (χ0v) is 15.8. The number of para-hydroxylation sites is 1. The standard InChI is InChI=1S/C16H27N3O.HI/c1-5-19(6-2)16(17)18-11-12-20-15-10-8-7-9-14(15)13(3)4;/h7-10,13H,5-6,11-12H2,1-4H3,(H2,17,18);1H. The minimum atomic E-state index is 0. The maximum absolute atomic E-state index is 5.92. The fraction of sp³-hybridized carbons (Fsp3) is 0.562. The first kappa shape index (κ1) is 20.0. The van der Waals surface area contributed by atoms with Gasteiger partial charge in [0.1, 0.15) is 12.4 Å². The van der Waals surface area contributed by atoms with Crippen molar-refractivity contribution in [1.82, 2.24) is 4.90 Å². The summed E-state index contributed by atoms with van der Waals surface area (Å²) >= 11 is 0. The van der Waals surface area contributed by atoms with E-state index in [0.717, 1.165) is 18.8 Å². The van der Waals surface area contributed by atoms with Crippen LogP contribution in [0.1, 0.15) is 39.2 Å². The predicted octanol–water partition coefficient (Wildman–Crippen LogP) is 3.46. The number of benzene rings is 1. The highest BCUT2D eigenvalue weighted by Crippen LogP contribution is 2.25. The molecule has 4 nitrogen and oxygen atoms in total. The van der Waals surface area contributed by atoms with E-state index in [4.69, 9.17) is 10.5 Å². The fourth-order valence-electron chi connectivity index (χ4n) is 2.05. The highest BCUT2D eigenvalue weighted by atomic mass is 127. The first-order valence-electron chi connectivity index (χ1n) is 7.36. The number of ether oxygens (including phenoxy) is 1. The average molecular weight is 405 g/mol. The molecular formula is C16H28IN3O. The van der Waals surface area contributed by atoms with Crippen LogP contribution in [-0.4, -0.2) is 37.1 Å². The molecule has 0 aliphatic rings. The SMILES string of the molecule is CCN(CC)C(N)=NCCOc1ccccc1C(C)C.I. The molecule has 0 atom stereocenters. The van der Waals surface area contributed by atoms with Gasteiger partial charge in [-0.15, -0.1) is 24.0 Å². The third-order valence-electron chi connectivity index (χ3n) is 3.25. The maximum Gasteiger partial charge on any atom is 0.191 e. The summed E-state index contributed by atoms with van der Waals surface area (Å²) < 4.78 is 5.81. The number of halogens is 1. The van der Waals surface area contributed by atoms with Crippen molar-refractivity contribution in [2.75, 3.05) is 26.2 Å². The van der Waals surface area contributed by atoms with Crippen LogP contribution in [0.3, 0.4) is 0 Å². The molecule has 120 valence electrons. The number of nitrogens with zero attached hydrogens (tertiary/aromatic N) is 2. The quantitative estimate of drug-likeness (QED) is 0.327. The molecule has 5 heteroatoms. The lowest BCUT2D eigenvalue weighted by Crippen LogP contribution is -2.37. The number of aliphatic imine (C=N–C) groups is 1. The van der Waals surface area contributed by atoms with Gasteiger partial charge in [-0.2, -0.15) is 0 Å². The molecule has 0 spiro atoms. The van der Waals surface area contributed by atoms with E-state index in [1.807, 2.05) is 23.1 Å². The molecule has 0 unspecified atom stereocenters. The van der Waals surface area contributed by atoms with Crippen LogP contribution in [0.2, 0.25) is 0 Å². The van der Waals surface area contributed by atoms with Crippen LogP contribution in [-0.2, 0) is 0 Å². The summed E-state index contributed by atoms with van der Waals surface area (Å²) in [7, 11) is 0. The number of rotatable bonds is 7. The van der Waals surface area contributed by atoms with Gasteiger partial charge in [0, 0.05) is 13.1 Å². The van der Waals surface area contributed by atoms with Crippen molar-refractivity contribution in [3.05, 3.63) is 29.8 Å². The van der Waals surface area contributed by atoms with Gasteiger partial charge in [0.05, 0.1) is 6.54 Å². The second-order valence-corrected chi connectivity index (χ2v) is 4.95. The van der Waals surface area contributed by atoms with Gasteiger partial charge >= 0.3 is 0 Å².